The van der Waals surface area contributed by atoms with E-state index in [1.54, 1.807) is 6.07 Å². The van der Waals surface area contributed by atoms with Crippen molar-refractivity contribution in [2.24, 2.45) is 0 Å². The van der Waals surface area contributed by atoms with E-state index in [-0.39, 0.29) is 5.69 Å². The maximum atomic E-state index is 10.5. The molecule has 5 heteroatoms. The van der Waals surface area contributed by atoms with Crippen LogP contribution in [0.4, 0.5) is 0 Å². The molecule has 0 spiro atoms. The van der Waals surface area contributed by atoms with Crippen LogP contribution in [0.1, 0.15) is 10.5 Å². The summed E-state index contributed by atoms with van der Waals surface area (Å²) in [6.45, 7) is 0. The first-order valence-electron chi connectivity index (χ1n) is 3.08. The Morgan fingerprint density at radius 2 is 2.33 bits per heavy atom. The Bertz CT molecular complexity index is 314. The molecule has 1 aromatic heterocycles. The number of hydrogen-bond acceptors (Lipinski definition) is 3. The summed E-state index contributed by atoms with van der Waals surface area (Å²) < 4.78 is 5.60. The van der Waals surface area contributed by atoms with E-state index >= 15 is 0 Å². The summed E-state index contributed by atoms with van der Waals surface area (Å²) in [6.07, 6.45) is 0. The van der Waals surface area contributed by atoms with E-state index in [1.165, 1.54) is 13.2 Å². The average molecular weight is 279 g/mol. The van der Waals surface area contributed by atoms with E-state index in [2.05, 4.69) is 4.98 Å². The van der Waals surface area contributed by atoms with Crippen LogP contribution in [-0.4, -0.2) is 23.2 Å². The number of ether oxygens (including phenoxy) is 1. The highest BCUT2D eigenvalue weighted by atomic mass is 127. The van der Waals surface area contributed by atoms with Gasteiger partial charge in [0.25, 0.3) is 0 Å². The van der Waals surface area contributed by atoms with Crippen molar-refractivity contribution < 1.29 is 14.6 Å². The summed E-state index contributed by atoms with van der Waals surface area (Å²) in [5.41, 5.74) is -0.00116. The van der Waals surface area contributed by atoms with E-state index in [9.17, 15) is 4.79 Å². The Morgan fingerprint density at radius 1 is 1.67 bits per heavy atom. The van der Waals surface area contributed by atoms with Gasteiger partial charge >= 0.3 is 5.97 Å². The van der Waals surface area contributed by atoms with E-state index in [0.29, 0.717) is 5.88 Å². The molecule has 0 aromatic carbocycles. The minimum Gasteiger partial charge on any atom is -0.481 e. The van der Waals surface area contributed by atoms with Crippen molar-refractivity contribution in [1.82, 2.24) is 4.98 Å². The molecule has 0 aliphatic heterocycles. The normalized spacial score (nSPS) is 9.50. The molecule has 1 heterocycles. The molecule has 4 nitrogen and oxygen atoms in total. The monoisotopic (exact) mass is 279 g/mol. The molecule has 0 saturated heterocycles. The molecule has 1 rings (SSSR count). The van der Waals surface area contributed by atoms with Crippen LogP contribution in [0.25, 0.3) is 0 Å². The maximum absolute atomic E-state index is 10.5. The van der Waals surface area contributed by atoms with Gasteiger partial charge in [-0.25, -0.2) is 9.78 Å². The molecule has 0 aliphatic carbocycles. The molecule has 0 fully saturated rings. The summed E-state index contributed by atoms with van der Waals surface area (Å²) in [7, 11) is 1.45. The van der Waals surface area contributed by atoms with Crippen molar-refractivity contribution in [3.63, 3.8) is 0 Å². The highest BCUT2D eigenvalue weighted by molar-refractivity contribution is 14.1. The van der Waals surface area contributed by atoms with Crippen LogP contribution in [0.5, 0.6) is 5.88 Å². The molecule has 12 heavy (non-hydrogen) atoms. The molecular formula is C7H6INO3. The molecular weight excluding hydrogens is 273 g/mol. The van der Waals surface area contributed by atoms with Crippen molar-refractivity contribution in [1.29, 1.82) is 0 Å². The van der Waals surface area contributed by atoms with Crippen LogP contribution in [0.3, 0.4) is 0 Å². The lowest BCUT2D eigenvalue weighted by Crippen LogP contribution is -2.02. The zero-order valence-electron chi connectivity index (χ0n) is 6.24. The van der Waals surface area contributed by atoms with E-state index < -0.39 is 5.97 Å². The molecule has 1 N–H and O–H groups in total. The minimum absolute atomic E-state index is 0.00116. The van der Waals surface area contributed by atoms with Crippen molar-refractivity contribution >= 4 is 28.6 Å². The van der Waals surface area contributed by atoms with Gasteiger partial charge in [-0.05, 0) is 28.7 Å². The molecule has 1 aromatic rings. The third kappa shape index (κ3) is 2.07. The molecule has 0 saturated carbocycles. The molecule has 0 bridgehead atoms. The second-order valence-corrected chi connectivity index (χ2v) is 3.26. The number of rotatable bonds is 2. The number of halogens is 1. The Kier molecular flexibility index (Phi) is 2.85. The summed E-state index contributed by atoms with van der Waals surface area (Å²) in [6, 6.07) is 3.14. The van der Waals surface area contributed by atoms with E-state index in [0.717, 1.165) is 3.57 Å². The number of nitrogens with zero attached hydrogens (tertiary/aromatic N) is 1. The number of aromatic carboxylic acids is 1. The van der Waals surface area contributed by atoms with E-state index in [1.807, 2.05) is 22.6 Å². The number of pyridine rings is 1. The molecule has 0 atom stereocenters. The van der Waals surface area contributed by atoms with Gasteiger partial charge in [-0.1, -0.05) is 0 Å². The van der Waals surface area contributed by atoms with Gasteiger partial charge in [-0.2, -0.15) is 0 Å². The molecule has 64 valence electrons. The summed E-state index contributed by atoms with van der Waals surface area (Å²) in [5, 5.41) is 8.61. The molecule has 0 aliphatic rings. The summed E-state index contributed by atoms with van der Waals surface area (Å²) in [4.78, 5) is 14.2. The van der Waals surface area contributed by atoms with Crippen LogP contribution < -0.4 is 4.74 Å². The van der Waals surface area contributed by atoms with Gasteiger partial charge in [0, 0.05) is 9.64 Å². The fourth-order valence-electron chi connectivity index (χ4n) is 0.688. The maximum Gasteiger partial charge on any atom is 0.354 e. The van der Waals surface area contributed by atoms with Crippen molar-refractivity contribution in [2.75, 3.05) is 7.11 Å². The highest BCUT2D eigenvalue weighted by Crippen LogP contribution is 2.13. The van der Waals surface area contributed by atoms with Gasteiger partial charge in [-0.3, -0.25) is 0 Å². The zero-order chi connectivity index (χ0) is 9.14. The van der Waals surface area contributed by atoms with Crippen LogP contribution in [0.2, 0.25) is 0 Å². The van der Waals surface area contributed by atoms with Gasteiger partial charge in [0.15, 0.2) is 5.69 Å². The molecule has 0 unspecified atom stereocenters. The van der Waals surface area contributed by atoms with Crippen LogP contribution >= 0.6 is 22.6 Å². The SMILES string of the molecule is COc1cc(I)cc(C(=O)O)n1. The summed E-state index contributed by atoms with van der Waals surface area (Å²) in [5.74, 6) is -0.730. The van der Waals surface area contributed by atoms with Gasteiger partial charge in [0.1, 0.15) is 0 Å². The Labute approximate surface area is 82.7 Å². The zero-order valence-corrected chi connectivity index (χ0v) is 8.40. The third-order valence-corrected chi connectivity index (χ3v) is 1.82. The number of hydrogen-bond donors (Lipinski definition) is 1. The van der Waals surface area contributed by atoms with Gasteiger partial charge in [-0.15, -0.1) is 0 Å². The highest BCUT2D eigenvalue weighted by Gasteiger charge is 2.07. The van der Waals surface area contributed by atoms with Crippen LogP contribution in [-0.2, 0) is 0 Å². The molecule has 0 radical (unpaired) electrons. The first-order valence-corrected chi connectivity index (χ1v) is 4.16. The van der Waals surface area contributed by atoms with E-state index in [4.69, 9.17) is 9.84 Å². The largest absolute Gasteiger partial charge is 0.481 e. The lowest BCUT2D eigenvalue weighted by Gasteiger charge is -2.00. The predicted octanol–water partition coefficient (Wildman–Crippen LogP) is 1.39. The summed E-state index contributed by atoms with van der Waals surface area (Å²) >= 11 is 2.00. The third-order valence-electron chi connectivity index (χ3n) is 1.19. The van der Waals surface area contributed by atoms with Crippen molar-refractivity contribution in [3.8, 4) is 5.88 Å². The Hall–Kier alpha value is -0.850. The number of carboxylic acids is 1. The number of carbonyl (C=O) groups is 1. The lowest BCUT2D eigenvalue weighted by molar-refractivity contribution is 0.0689. The van der Waals surface area contributed by atoms with Crippen LogP contribution in [0.15, 0.2) is 12.1 Å². The lowest BCUT2D eigenvalue weighted by atomic mass is 10.3. The Balaban J connectivity index is 3.15. The topological polar surface area (TPSA) is 59.4 Å². The standard InChI is InChI=1S/C7H6INO3/c1-12-6-3-4(8)2-5(9-6)7(10)11/h2-3H,1H3,(H,10,11). The predicted molar refractivity (Wildman–Crippen MR) is 50.5 cm³/mol. The smallest absolute Gasteiger partial charge is 0.354 e. The quantitative estimate of drug-likeness (QED) is 0.831. The first kappa shape index (κ1) is 9.24. The van der Waals surface area contributed by atoms with Crippen LogP contribution in [0, 0.1) is 3.57 Å². The number of aromatic nitrogens is 1. The second kappa shape index (κ2) is 3.70. The fourth-order valence-corrected chi connectivity index (χ4v) is 1.25. The molecule has 0 amide bonds. The fraction of sp³-hybridized carbons (Fsp3) is 0.143. The van der Waals surface area contributed by atoms with Gasteiger partial charge in [0.2, 0.25) is 5.88 Å². The van der Waals surface area contributed by atoms with Gasteiger partial charge < -0.3 is 9.84 Å². The average Bonchev–Trinajstić information content (AvgIpc) is 2.03. The first-order chi connectivity index (χ1) is 5.63. The number of methoxy groups -OCH3 is 1. The van der Waals surface area contributed by atoms with Crippen molar-refractivity contribution in [3.05, 3.63) is 21.4 Å². The van der Waals surface area contributed by atoms with Gasteiger partial charge in [0.05, 0.1) is 7.11 Å². The number of carboxylic acid groups (broad SMARTS) is 1. The minimum atomic E-state index is -1.05. The second-order valence-electron chi connectivity index (χ2n) is 2.02. The Morgan fingerprint density at radius 3 is 2.83 bits per heavy atom. The van der Waals surface area contributed by atoms with Crippen molar-refractivity contribution in [2.45, 2.75) is 0 Å².